The van der Waals surface area contributed by atoms with Gasteiger partial charge in [-0.05, 0) is 35.4 Å². The van der Waals surface area contributed by atoms with Gasteiger partial charge in [0.15, 0.2) is 17.7 Å². The molecular weight excluding hydrogens is 352 g/mol. The molecule has 138 valence electrons. The first kappa shape index (κ1) is 18.5. The summed E-state index contributed by atoms with van der Waals surface area (Å²) in [6, 6.07) is 16.4. The lowest BCUT2D eigenvalue weighted by atomic mass is 10.1. The van der Waals surface area contributed by atoms with Crippen molar-refractivity contribution in [2.75, 3.05) is 5.32 Å². The molecule has 3 aromatic rings. The third-order valence-electron chi connectivity index (χ3n) is 4.03. The highest BCUT2D eigenvalue weighted by molar-refractivity contribution is 5.95. The second-order valence-electron chi connectivity index (χ2n) is 6.11. The minimum absolute atomic E-state index is 0.0215. The van der Waals surface area contributed by atoms with Gasteiger partial charge in [-0.3, -0.25) is 9.59 Å². The number of hydrogen-bond acceptors (Lipinski definition) is 3. The van der Waals surface area contributed by atoms with E-state index in [-0.39, 0.29) is 12.1 Å². The molecule has 6 heteroatoms. The molecule has 0 radical (unpaired) electrons. The van der Waals surface area contributed by atoms with E-state index in [1.54, 1.807) is 0 Å². The van der Waals surface area contributed by atoms with Gasteiger partial charge in [-0.15, -0.1) is 0 Å². The lowest BCUT2D eigenvalue weighted by Crippen LogP contribution is -2.30. The molecule has 3 rings (SSSR count). The molecule has 27 heavy (non-hydrogen) atoms. The van der Waals surface area contributed by atoms with Gasteiger partial charge in [0.1, 0.15) is 0 Å². The SMILES string of the molecule is C[C@H](OC(=O)Cc1ccc2ccccc2c1)C(=O)Nc1ccc(F)c(F)c1. The lowest BCUT2D eigenvalue weighted by Gasteiger charge is -2.14. The number of carbonyl (C=O) groups is 2. The Morgan fingerprint density at radius 2 is 1.70 bits per heavy atom. The van der Waals surface area contributed by atoms with Crippen molar-refractivity contribution in [1.29, 1.82) is 0 Å². The highest BCUT2D eigenvalue weighted by Gasteiger charge is 2.18. The van der Waals surface area contributed by atoms with Gasteiger partial charge in [0, 0.05) is 11.8 Å². The summed E-state index contributed by atoms with van der Waals surface area (Å²) in [5, 5.41) is 4.45. The predicted molar refractivity (Wildman–Crippen MR) is 98.2 cm³/mol. The van der Waals surface area contributed by atoms with E-state index < -0.39 is 29.6 Å². The van der Waals surface area contributed by atoms with Crippen LogP contribution in [-0.2, 0) is 20.7 Å². The van der Waals surface area contributed by atoms with Crippen LogP contribution < -0.4 is 5.32 Å². The van der Waals surface area contributed by atoms with E-state index in [0.717, 1.165) is 28.5 Å². The number of halogens is 2. The topological polar surface area (TPSA) is 55.4 Å². The van der Waals surface area contributed by atoms with Crippen LogP contribution in [0.4, 0.5) is 14.5 Å². The Morgan fingerprint density at radius 1 is 0.963 bits per heavy atom. The molecule has 0 spiro atoms. The number of amides is 1. The molecule has 0 unspecified atom stereocenters. The third kappa shape index (κ3) is 4.67. The third-order valence-corrected chi connectivity index (χ3v) is 4.03. The maximum Gasteiger partial charge on any atom is 0.311 e. The van der Waals surface area contributed by atoms with Crippen molar-refractivity contribution >= 4 is 28.3 Å². The van der Waals surface area contributed by atoms with Crippen molar-refractivity contribution in [3.05, 3.63) is 77.9 Å². The molecule has 0 fully saturated rings. The van der Waals surface area contributed by atoms with Crippen LogP contribution in [0.1, 0.15) is 12.5 Å². The molecule has 1 atom stereocenters. The molecule has 1 amide bonds. The normalized spacial score (nSPS) is 11.8. The van der Waals surface area contributed by atoms with E-state index in [1.807, 2.05) is 42.5 Å². The van der Waals surface area contributed by atoms with Crippen molar-refractivity contribution in [3.63, 3.8) is 0 Å². The Morgan fingerprint density at radius 3 is 2.44 bits per heavy atom. The predicted octanol–water partition coefficient (Wildman–Crippen LogP) is 4.23. The van der Waals surface area contributed by atoms with Gasteiger partial charge in [0.05, 0.1) is 6.42 Å². The van der Waals surface area contributed by atoms with Crippen LogP contribution in [0.5, 0.6) is 0 Å². The van der Waals surface area contributed by atoms with Crippen molar-refractivity contribution in [3.8, 4) is 0 Å². The van der Waals surface area contributed by atoms with Crippen LogP contribution in [0.3, 0.4) is 0 Å². The van der Waals surface area contributed by atoms with Crippen LogP contribution in [-0.4, -0.2) is 18.0 Å². The number of anilines is 1. The van der Waals surface area contributed by atoms with Crippen molar-refractivity contribution in [2.24, 2.45) is 0 Å². The maximum atomic E-state index is 13.2. The zero-order chi connectivity index (χ0) is 19.4. The molecule has 4 nitrogen and oxygen atoms in total. The first-order chi connectivity index (χ1) is 12.9. The minimum Gasteiger partial charge on any atom is -0.452 e. The fraction of sp³-hybridized carbons (Fsp3) is 0.143. The largest absolute Gasteiger partial charge is 0.452 e. The Hall–Kier alpha value is -3.28. The molecule has 0 aliphatic carbocycles. The first-order valence-corrected chi connectivity index (χ1v) is 8.35. The summed E-state index contributed by atoms with van der Waals surface area (Å²) in [4.78, 5) is 24.2. The lowest BCUT2D eigenvalue weighted by molar-refractivity contribution is -0.152. The number of rotatable bonds is 5. The summed E-state index contributed by atoms with van der Waals surface area (Å²) in [6.45, 7) is 1.41. The first-order valence-electron chi connectivity index (χ1n) is 8.35. The average Bonchev–Trinajstić information content (AvgIpc) is 2.64. The van der Waals surface area contributed by atoms with Crippen LogP contribution >= 0.6 is 0 Å². The second-order valence-corrected chi connectivity index (χ2v) is 6.11. The highest BCUT2D eigenvalue weighted by atomic mass is 19.2. The Balaban J connectivity index is 1.58. The standard InChI is InChI=1S/C21H17F2NO3/c1-13(21(26)24-17-8-9-18(22)19(23)12-17)27-20(25)11-14-6-7-15-4-2-3-5-16(15)10-14/h2-10,12-13H,11H2,1H3,(H,24,26)/t13-/m0/s1. The molecule has 0 aliphatic rings. The fourth-order valence-electron chi connectivity index (χ4n) is 2.63. The number of carbonyl (C=O) groups excluding carboxylic acids is 2. The second kappa shape index (κ2) is 7.95. The summed E-state index contributed by atoms with van der Waals surface area (Å²) in [5.41, 5.74) is 0.850. The van der Waals surface area contributed by atoms with E-state index >= 15 is 0 Å². The molecular formula is C21H17F2NO3. The van der Waals surface area contributed by atoms with Gasteiger partial charge in [-0.1, -0.05) is 42.5 Å². The van der Waals surface area contributed by atoms with E-state index in [4.69, 9.17) is 4.74 Å². The van der Waals surface area contributed by atoms with Crippen LogP contribution in [0.15, 0.2) is 60.7 Å². The average molecular weight is 369 g/mol. The number of fused-ring (bicyclic) bond motifs is 1. The number of nitrogens with one attached hydrogen (secondary N) is 1. The number of hydrogen-bond donors (Lipinski definition) is 1. The summed E-state index contributed by atoms with van der Waals surface area (Å²) < 4.78 is 31.2. The van der Waals surface area contributed by atoms with Crippen LogP contribution in [0.25, 0.3) is 10.8 Å². The smallest absolute Gasteiger partial charge is 0.311 e. The van der Waals surface area contributed by atoms with Crippen molar-refractivity contribution in [1.82, 2.24) is 0 Å². The molecule has 3 aromatic carbocycles. The minimum atomic E-state index is -1.08. The molecule has 0 heterocycles. The van der Waals surface area contributed by atoms with Crippen molar-refractivity contribution < 1.29 is 23.1 Å². The van der Waals surface area contributed by atoms with Gasteiger partial charge < -0.3 is 10.1 Å². The zero-order valence-corrected chi connectivity index (χ0v) is 14.5. The Labute approximate surface area is 154 Å². The number of esters is 1. The molecule has 0 saturated carbocycles. The van der Waals surface area contributed by atoms with Gasteiger partial charge in [0.25, 0.3) is 5.91 Å². The quantitative estimate of drug-likeness (QED) is 0.685. The fourth-order valence-corrected chi connectivity index (χ4v) is 2.63. The monoisotopic (exact) mass is 369 g/mol. The summed E-state index contributed by atoms with van der Waals surface area (Å²) in [6.07, 6.45) is -1.06. The molecule has 0 aliphatic heterocycles. The van der Waals surface area contributed by atoms with Crippen LogP contribution in [0.2, 0.25) is 0 Å². The van der Waals surface area contributed by atoms with Gasteiger partial charge in [0.2, 0.25) is 0 Å². The van der Waals surface area contributed by atoms with Gasteiger partial charge in [-0.25, -0.2) is 8.78 Å². The Kier molecular flexibility index (Phi) is 5.45. The van der Waals surface area contributed by atoms with Crippen molar-refractivity contribution in [2.45, 2.75) is 19.4 Å². The summed E-state index contributed by atoms with van der Waals surface area (Å²) in [5.74, 6) is -3.28. The Bertz CT molecular complexity index is 1000. The van der Waals surface area contributed by atoms with Gasteiger partial charge in [-0.2, -0.15) is 0 Å². The molecule has 1 N–H and O–H groups in total. The van der Waals surface area contributed by atoms with E-state index in [2.05, 4.69) is 5.32 Å². The maximum absolute atomic E-state index is 13.2. The van der Waals surface area contributed by atoms with E-state index in [0.29, 0.717) is 0 Å². The highest BCUT2D eigenvalue weighted by Crippen LogP contribution is 2.17. The summed E-state index contributed by atoms with van der Waals surface area (Å²) >= 11 is 0. The molecule has 0 bridgehead atoms. The number of benzene rings is 3. The van der Waals surface area contributed by atoms with E-state index in [9.17, 15) is 18.4 Å². The van der Waals surface area contributed by atoms with Gasteiger partial charge >= 0.3 is 5.97 Å². The molecule has 0 aromatic heterocycles. The zero-order valence-electron chi connectivity index (χ0n) is 14.5. The molecule has 0 saturated heterocycles. The number of ether oxygens (including phenoxy) is 1. The van der Waals surface area contributed by atoms with E-state index in [1.165, 1.54) is 13.0 Å². The summed E-state index contributed by atoms with van der Waals surface area (Å²) in [7, 11) is 0. The van der Waals surface area contributed by atoms with Crippen LogP contribution in [0, 0.1) is 11.6 Å².